The maximum Gasteiger partial charge on any atom is 0.0367 e. The van der Waals surface area contributed by atoms with Crippen LogP contribution in [0.4, 0.5) is 11.4 Å². The second kappa shape index (κ2) is 3.76. The zero-order chi connectivity index (χ0) is 10.9. The van der Waals surface area contributed by atoms with Crippen LogP contribution in [0.5, 0.6) is 0 Å². The number of nitrogen functional groups attached to an aromatic ring is 1. The van der Waals surface area contributed by atoms with E-state index in [0.29, 0.717) is 5.41 Å². The topological polar surface area (TPSA) is 29.3 Å². The lowest BCUT2D eigenvalue weighted by molar-refractivity contribution is 0.293. The number of hydrogen-bond acceptors (Lipinski definition) is 2. The Labute approximate surface area is 92.1 Å². The Morgan fingerprint density at radius 3 is 2.47 bits per heavy atom. The first kappa shape index (κ1) is 10.3. The first-order valence-electron chi connectivity index (χ1n) is 5.67. The van der Waals surface area contributed by atoms with Crippen LogP contribution in [0.15, 0.2) is 24.3 Å². The molecule has 1 aliphatic rings. The molecule has 0 aliphatic carbocycles. The minimum absolute atomic E-state index is 0.444. The van der Waals surface area contributed by atoms with E-state index in [4.69, 9.17) is 5.73 Å². The number of benzene rings is 1. The number of piperidine rings is 1. The fourth-order valence-electron chi connectivity index (χ4n) is 2.33. The van der Waals surface area contributed by atoms with Crippen LogP contribution in [0.25, 0.3) is 0 Å². The van der Waals surface area contributed by atoms with Gasteiger partial charge in [0, 0.05) is 24.5 Å². The fraction of sp³-hybridized carbons (Fsp3) is 0.538. The third-order valence-corrected chi connectivity index (χ3v) is 3.16. The molecule has 0 aromatic heterocycles. The van der Waals surface area contributed by atoms with Crippen molar-refractivity contribution in [3.63, 3.8) is 0 Å². The Hall–Kier alpha value is -1.18. The first-order chi connectivity index (χ1) is 7.07. The molecular weight excluding hydrogens is 184 g/mol. The quantitative estimate of drug-likeness (QED) is 0.713. The molecule has 0 spiro atoms. The van der Waals surface area contributed by atoms with Gasteiger partial charge in [0.2, 0.25) is 0 Å². The molecule has 15 heavy (non-hydrogen) atoms. The summed E-state index contributed by atoms with van der Waals surface area (Å²) in [6.45, 7) is 7.01. The molecule has 1 aromatic rings. The van der Waals surface area contributed by atoms with E-state index < -0.39 is 0 Å². The van der Waals surface area contributed by atoms with E-state index in [1.54, 1.807) is 0 Å². The minimum Gasteiger partial charge on any atom is -0.399 e. The van der Waals surface area contributed by atoms with E-state index >= 15 is 0 Å². The average Bonchev–Trinajstić information content (AvgIpc) is 2.17. The van der Waals surface area contributed by atoms with Gasteiger partial charge in [-0.1, -0.05) is 13.8 Å². The number of nitrogens with zero attached hydrogens (tertiary/aromatic N) is 1. The molecule has 82 valence electrons. The Morgan fingerprint density at radius 1 is 1.20 bits per heavy atom. The van der Waals surface area contributed by atoms with Crippen molar-refractivity contribution < 1.29 is 0 Å². The number of anilines is 2. The molecule has 1 heterocycles. The number of rotatable bonds is 1. The van der Waals surface area contributed by atoms with Gasteiger partial charge in [-0.25, -0.2) is 0 Å². The molecule has 1 aromatic carbocycles. The SMILES string of the molecule is CC1(C)CCCN(c2ccc(N)cc2)C1. The predicted molar refractivity (Wildman–Crippen MR) is 66.1 cm³/mol. The van der Waals surface area contributed by atoms with Gasteiger partial charge in [0.15, 0.2) is 0 Å². The van der Waals surface area contributed by atoms with Crippen LogP contribution in [0.1, 0.15) is 26.7 Å². The maximum atomic E-state index is 5.69. The van der Waals surface area contributed by atoms with Crippen molar-refractivity contribution in [3.8, 4) is 0 Å². The second-order valence-electron chi connectivity index (χ2n) is 5.28. The molecule has 0 bridgehead atoms. The van der Waals surface area contributed by atoms with Gasteiger partial charge in [-0.2, -0.15) is 0 Å². The largest absolute Gasteiger partial charge is 0.399 e. The van der Waals surface area contributed by atoms with Crippen LogP contribution >= 0.6 is 0 Å². The summed E-state index contributed by atoms with van der Waals surface area (Å²) in [6.07, 6.45) is 2.62. The smallest absolute Gasteiger partial charge is 0.0367 e. The normalized spacial score (nSPS) is 20.3. The summed E-state index contributed by atoms with van der Waals surface area (Å²) in [7, 11) is 0. The van der Waals surface area contributed by atoms with Gasteiger partial charge in [0.1, 0.15) is 0 Å². The van der Waals surface area contributed by atoms with E-state index in [0.717, 1.165) is 12.2 Å². The van der Waals surface area contributed by atoms with E-state index in [2.05, 4.69) is 30.9 Å². The van der Waals surface area contributed by atoms with Crippen LogP contribution in [-0.2, 0) is 0 Å². The third-order valence-electron chi connectivity index (χ3n) is 3.16. The third kappa shape index (κ3) is 2.44. The summed E-state index contributed by atoms with van der Waals surface area (Å²) < 4.78 is 0. The van der Waals surface area contributed by atoms with Crippen molar-refractivity contribution >= 4 is 11.4 Å². The fourth-order valence-corrected chi connectivity index (χ4v) is 2.33. The molecule has 0 amide bonds. The van der Waals surface area contributed by atoms with Crippen LogP contribution in [-0.4, -0.2) is 13.1 Å². The van der Waals surface area contributed by atoms with Gasteiger partial charge in [-0.3, -0.25) is 0 Å². The molecule has 0 saturated carbocycles. The summed E-state index contributed by atoms with van der Waals surface area (Å²) in [4.78, 5) is 2.46. The molecule has 2 nitrogen and oxygen atoms in total. The van der Waals surface area contributed by atoms with E-state index in [9.17, 15) is 0 Å². The summed E-state index contributed by atoms with van der Waals surface area (Å²) >= 11 is 0. The predicted octanol–water partition coefficient (Wildman–Crippen LogP) is 2.90. The van der Waals surface area contributed by atoms with Crippen molar-refractivity contribution in [2.24, 2.45) is 5.41 Å². The highest BCUT2D eigenvalue weighted by Crippen LogP contribution is 2.31. The molecule has 2 heteroatoms. The minimum atomic E-state index is 0.444. The summed E-state index contributed by atoms with van der Waals surface area (Å²) in [5, 5.41) is 0. The lowest BCUT2D eigenvalue weighted by Gasteiger charge is -2.39. The highest BCUT2D eigenvalue weighted by atomic mass is 15.1. The summed E-state index contributed by atoms with van der Waals surface area (Å²) in [5.41, 5.74) is 8.28. The highest BCUT2D eigenvalue weighted by molar-refractivity contribution is 5.53. The van der Waals surface area contributed by atoms with Crippen molar-refractivity contribution in [1.82, 2.24) is 0 Å². The molecule has 2 N–H and O–H groups in total. The van der Waals surface area contributed by atoms with E-state index in [-0.39, 0.29) is 0 Å². The van der Waals surface area contributed by atoms with Crippen LogP contribution in [0.3, 0.4) is 0 Å². The monoisotopic (exact) mass is 204 g/mol. The van der Waals surface area contributed by atoms with Crippen molar-refractivity contribution in [2.75, 3.05) is 23.7 Å². The number of hydrogen-bond donors (Lipinski definition) is 1. The standard InChI is InChI=1S/C13H20N2/c1-13(2)8-3-9-15(10-13)12-6-4-11(14)5-7-12/h4-7H,3,8-10,14H2,1-2H3. The van der Waals surface area contributed by atoms with Crippen molar-refractivity contribution in [1.29, 1.82) is 0 Å². The molecule has 0 atom stereocenters. The Bertz CT molecular complexity index is 327. The summed E-state index contributed by atoms with van der Waals surface area (Å²) in [6, 6.07) is 8.21. The number of nitrogens with two attached hydrogens (primary N) is 1. The van der Waals surface area contributed by atoms with Gasteiger partial charge in [-0.05, 0) is 42.5 Å². The Morgan fingerprint density at radius 2 is 1.87 bits per heavy atom. The molecular formula is C13H20N2. The first-order valence-corrected chi connectivity index (χ1v) is 5.67. The lowest BCUT2D eigenvalue weighted by atomic mass is 9.84. The summed E-state index contributed by atoms with van der Waals surface area (Å²) in [5.74, 6) is 0. The van der Waals surface area contributed by atoms with Crippen molar-refractivity contribution in [3.05, 3.63) is 24.3 Å². The zero-order valence-electron chi connectivity index (χ0n) is 9.66. The average molecular weight is 204 g/mol. The van der Waals surface area contributed by atoms with E-state index in [1.807, 2.05) is 12.1 Å². The molecule has 1 saturated heterocycles. The van der Waals surface area contributed by atoms with Crippen molar-refractivity contribution in [2.45, 2.75) is 26.7 Å². The van der Waals surface area contributed by atoms with Crippen LogP contribution in [0, 0.1) is 5.41 Å². The molecule has 1 aliphatic heterocycles. The highest BCUT2D eigenvalue weighted by Gasteiger charge is 2.26. The zero-order valence-corrected chi connectivity index (χ0v) is 9.66. The Kier molecular flexibility index (Phi) is 2.59. The van der Waals surface area contributed by atoms with Gasteiger partial charge in [0.05, 0.1) is 0 Å². The van der Waals surface area contributed by atoms with Gasteiger partial charge < -0.3 is 10.6 Å². The molecule has 0 radical (unpaired) electrons. The molecule has 0 unspecified atom stereocenters. The molecule has 2 rings (SSSR count). The van der Waals surface area contributed by atoms with Gasteiger partial charge >= 0.3 is 0 Å². The van der Waals surface area contributed by atoms with E-state index in [1.165, 1.54) is 25.1 Å². The second-order valence-corrected chi connectivity index (χ2v) is 5.28. The van der Waals surface area contributed by atoms with Gasteiger partial charge in [-0.15, -0.1) is 0 Å². The maximum absolute atomic E-state index is 5.69. The van der Waals surface area contributed by atoms with Crippen LogP contribution in [0.2, 0.25) is 0 Å². The lowest BCUT2D eigenvalue weighted by Crippen LogP contribution is -2.40. The Balaban J connectivity index is 2.13. The van der Waals surface area contributed by atoms with Gasteiger partial charge in [0.25, 0.3) is 0 Å². The molecule has 1 fully saturated rings. The van der Waals surface area contributed by atoms with Crippen LogP contribution < -0.4 is 10.6 Å².